The van der Waals surface area contributed by atoms with E-state index < -0.39 is 0 Å². The van der Waals surface area contributed by atoms with Crippen LogP contribution in [0, 0.1) is 0 Å². The first kappa shape index (κ1) is 11.8. The highest BCUT2D eigenvalue weighted by Gasteiger charge is 2.23. The van der Waals surface area contributed by atoms with Crippen LogP contribution in [0.25, 0.3) is 0 Å². The van der Waals surface area contributed by atoms with E-state index in [1.165, 1.54) is 0 Å². The summed E-state index contributed by atoms with van der Waals surface area (Å²) in [7, 11) is 0. The Kier molecular flexibility index (Phi) is 3.76. The van der Waals surface area contributed by atoms with E-state index in [1.54, 1.807) is 17.8 Å². The molecule has 1 aliphatic rings. The number of thioether (sulfide) groups is 1. The zero-order valence-corrected chi connectivity index (χ0v) is 11.1. The summed E-state index contributed by atoms with van der Waals surface area (Å²) in [6.07, 6.45) is 2.10. The lowest BCUT2D eigenvalue weighted by Crippen LogP contribution is -2.22. The largest absolute Gasteiger partial charge is 0.398 e. The molecular formula is C11H13BrN2OS. The van der Waals surface area contributed by atoms with Gasteiger partial charge in [0.2, 0.25) is 5.91 Å². The number of hydrogen-bond acceptors (Lipinski definition) is 3. The molecule has 0 radical (unpaired) electrons. The predicted molar refractivity (Wildman–Crippen MR) is 72.7 cm³/mol. The van der Waals surface area contributed by atoms with Gasteiger partial charge in [0.1, 0.15) is 0 Å². The molecule has 0 spiro atoms. The number of nitrogen functional groups attached to an aromatic ring is 1. The van der Waals surface area contributed by atoms with Gasteiger partial charge in [-0.3, -0.25) is 4.79 Å². The Labute approximate surface area is 107 Å². The van der Waals surface area contributed by atoms with Crippen LogP contribution in [0.15, 0.2) is 22.7 Å². The summed E-state index contributed by atoms with van der Waals surface area (Å²) in [4.78, 5) is 11.8. The molecular weight excluding hydrogens is 288 g/mol. The fraction of sp³-hybridized carbons (Fsp3) is 0.364. The van der Waals surface area contributed by atoms with Gasteiger partial charge in [0.25, 0.3) is 0 Å². The Morgan fingerprint density at radius 1 is 1.56 bits per heavy atom. The standard InChI is InChI=1S/C11H13BrN2OS/c12-8-4-3-7(6-9(8)13)14-11(15)10-2-1-5-16-10/h3-4,6,10H,1-2,5,13H2,(H,14,15). The third-order valence-electron chi connectivity index (χ3n) is 2.49. The molecule has 0 bridgehead atoms. The maximum Gasteiger partial charge on any atom is 0.237 e. The molecule has 1 amide bonds. The van der Waals surface area contributed by atoms with E-state index in [2.05, 4.69) is 21.2 Å². The molecule has 3 N–H and O–H groups in total. The zero-order chi connectivity index (χ0) is 11.5. The van der Waals surface area contributed by atoms with Crippen molar-refractivity contribution in [1.82, 2.24) is 0 Å². The van der Waals surface area contributed by atoms with Crippen molar-refractivity contribution in [2.75, 3.05) is 16.8 Å². The molecule has 1 unspecified atom stereocenters. The van der Waals surface area contributed by atoms with Gasteiger partial charge in [-0.1, -0.05) is 0 Å². The van der Waals surface area contributed by atoms with Crippen molar-refractivity contribution < 1.29 is 4.79 Å². The molecule has 1 aromatic rings. The smallest absolute Gasteiger partial charge is 0.237 e. The van der Waals surface area contributed by atoms with Crippen LogP contribution in [0.4, 0.5) is 11.4 Å². The van der Waals surface area contributed by atoms with E-state index >= 15 is 0 Å². The Balaban J connectivity index is 2.02. The third-order valence-corrected chi connectivity index (χ3v) is 4.58. The Hall–Kier alpha value is -0.680. The van der Waals surface area contributed by atoms with Crippen LogP contribution in [-0.2, 0) is 4.79 Å². The topological polar surface area (TPSA) is 55.1 Å². The summed E-state index contributed by atoms with van der Waals surface area (Å²) in [5.41, 5.74) is 7.14. The minimum absolute atomic E-state index is 0.0872. The van der Waals surface area contributed by atoms with Crippen LogP contribution < -0.4 is 11.1 Å². The second kappa shape index (κ2) is 5.10. The molecule has 16 heavy (non-hydrogen) atoms. The van der Waals surface area contributed by atoms with Crippen molar-refractivity contribution in [2.45, 2.75) is 18.1 Å². The van der Waals surface area contributed by atoms with E-state index in [4.69, 9.17) is 5.73 Å². The van der Waals surface area contributed by atoms with Crippen molar-refractivity contribution >= 4 is 45.0 Å². The summed E-state index contributed by atoms with van der Waals surface area (Å²) in [6.45, 7) is 0. The molecule has 1 aliphatic heterocycles. The molecule has 86 valence electrons. The Morgan fingerprint density at radius 2 is 2.38 bits per heavy atom. The zero-order valence-electron chi connectivity index (χ0n) is 8.70. The van der Waals surface area contributed by atoms with Crippen LogP contribution in [-0.4, -0.2) is 16.9 Å². The average Bonchev–Trinajstić information content (AvgIpc) is 2.77. The maximum atomic E-state index is 11.8. The Morgan fingerprint density at radius 3 is 3.00 bits per heavy atom. The lowest BCUT2D eigenvalue weighted by molar-refractivity contribution is -0.115. The van der Waals surface area contributed by atoms with Crippen molar-refractivity contribution in [2.24, 2.45) is 0 Å². The van der Waals surface area contributed by atoms with Crippen LogP contribution in [0.3, 0.4) is 0 Å². The summed E-state index contributed by atoms with van der Waals surface area (Å²) < 4.78 is 0.848. The van der Waals surface area contributed by atoms with Gasteiger partial charge < -0.3 is 11.1 Å². The fourth-order valence-corrected chi connectivity index (χ4v) is 3.04. The van der Waals surface area contributed by atoms with Crippen molar-refractivity contribution in [3.8, 4) is 0 Å². The molecule has 0 aromatic heterocycles. The molecule has 1 aromatic carbocycles. The number of nitrogens with two attached hydrogens (primary N) is 1. The number of hydrogen-bond donors (Lipinski definition) is 2. The number of rotatable bonds is 2. The van der Waals surface area contributed by atoms with Crippen molar-refractivity contribution in [1.29, 1.82) is 0 Å². The minimum Gasteiger partial charge on any atom is -0.398 e. The van der Waals surface area contributed by atoms with Gasteiger partial charge in [0, 0.05) is 15.8 Å². The van der Waals surface area contributed by atoms with Gasteiger partial charge in [0.15, 0.2) is 0 Å². The Bertz CT molecular complexity index is 405. The molecule has 1 fully saturated rings. The second-order valence-electron chi connectivity index (χ2n) is 3.73. The normalized spacial score (nSPS) is 19.7. The number of halogens is 1. The monoisotopic (exact) mass is 300 g/mol. The summed E-state index contributed by atoms with van der Waals surface area (Å²) in [5.74, 6) is 1.17. The van der Waals surface area contributed by atoms with Crippen LogP contribution >= 0.6 is 27.7 Å². The minimum atomic E-state index is 0.0872. The lowest BCUT2D eigenvalue weighted by atomic mass is 10.2. The molecule has 1 heterocycles. The predicted octanol–water partition coefficient (Wildman–Crippen LogP) is 2.87. The van der Waals surface area contributed by atoms with Gasteiger partial charge in [0.05, 0.1) is 5.25 Å². The second-order valence-corrected chi connectivity index (χ2v) is 5.89. The first-order chi connectivity index (χ1) is 7.66. The van der Waals surface area contributed by atoms with Gasteiger partial charge >= 0.3 is 0 Å². The van der Waals surface area contributed by atoms with Crippen LogP contribution in [0.1, 0.15) is 12.8 Å². The highest BCUT2D eigenvalue weighted by Crippen LogP contribution is 2.28. The van der Waals surface area contributed by atoms with Gasteiger partial charge in [-0.05, 0) is 52.7 Å². The molecule has 2 rings (SSSR count). The van der Waals surface area contributed by atoms with E-state index in [0.29, 0.717) is 5.69 Å². The number of benzene rings is 1. The number of nitrogens with one attached hydrogen (secondary N) is 1. The van der Waals surface area contributed by atoms with E-state index in [-0.39, 0.29) is 11.2 Å². The lowest BCUT2D eigenvalue weighted by Gasteiger charge is -2.10. The van der Waals surface area contributed by atoms with Crippen molar-refractivity contribution in [3.63, 3.8) is 0 Å². The van der Waals surface area contributed by atoms with Crippen molar-refractivity contribution in [3.05, 3.63) is 22.7 Å². The molecule has 0 saturated carbocycles. The first-order valence-corrected chi connectivity index (χ1v) is 6.98. The molecule has 5 heteroatoms. The van der Waals surface area contributed by atoms with Gasteiger partial charge in [-0.15, -0.1) is 11.8 Å². The van der Waals surface area contributed by atoms with Crippen LogP contribution in [0.5, 0.6) is 0 Å². The highest BCUT2D eigenvalue weighted by molar-refractivity contribution is 9.10. The molecule has 1 saturated heterocycles. The SMILES string of the molecule is Nc1cc(NC(=O)C2CCCS2)ccc1Br. The highest BCUT2D eigenvalue weighted by atomic mass is 79.9. The van der Waals surface area contributed by atoms with E-state index in [1.807, 2.05) is 12.1 Å². The molecule has 0 aliphatic carbocycles. The molecule has 3 nitrogen and oxygen atoms in total. The van der Waals surface area contributed by atoms with Gasteiger partial charge in [-0.25, -0.2) is 0 Å². The summed E-state index contributed by atoms with van der Waals surface area (Å²) >= 11 is 5.04. The molecule has 1 atom stereocenters. The van der Waals surface area contributed by atoms with E-state index in [0.717, 1.165) is 28.8 Å². The maximum absolute atomic E-state index is 11.8. The van der Waals surface area contributed by atoms with Crippen LogP contribution in [0.2, 0.25) is 0 Å². The average molecular weight is 301 g/mol. The fourth-order valence-electron chi connectivity index (χ4n) is 1.63. The number of amides is 1. The third kappa shape index (κ3) is 2.71. The number of carbonyl (C=O) groups excluding carboxylic acids is 1. The summed E-state index contributed by atoms with van der Waals surface area (Å²) in [5, 5.41) is 2.99. The summed E-state index contributed by atoms with van der Waals surface area (Å²) in [6, 6.07) is 5.45. The quantitative estimate of drug-likeness (QED) is 0.826. The first-order valence-electron chi connectivity index (χ1n) is 5.14. The van der Waals surface area contributed by atoms with Gasteiger partial charge in [-0.2, -0.15) is 0 Å². The number of carbonyl (C=O) groups is 1. The van der Waals surface area contributed by atoms with E-state index in [9.17, 15) is 4.79 Å². The number of anilines is 2.